The highest BCUT2D eigenvalue weighted by Crippen LogP contribution is 2.24. The first-order valence-electron chi connectivity index (χ1n) is 7.03. The Balaban J connectivity index is 0.00000176. The van der Waals surface area contributed by atoms with Crippen LogP contribution in [0.2, 0.25) is 0 Å². The van der Waals surface area contributed by atoms with Gasteiger partial charge in [0.05, 0.1) is 22.2 Å². The molecule has 0 amide bonds. The van der Waals surface area contributed by atoms with E-state index in [4.69, 9.17) is 5.73 Å². The Bertz CT molecular complexity index is 673. The van der Waals surface area contributed by atoms with Crippen molar-refractivity contribution in [1.82, 2.24) is 9.97 Å². The maximum Gasteiger partial charge on any atom is 0.271 e. The summed E-state index contributed by atoms with van der Waals surface area (Å²) in [6.07, 6.45) is 3.82. The molecule has 2 aromatic rings. The summed E-state index contributed by atoms with van der Waals surface area (Å²) in [7, 11) is 0. The average Bonchev–Trinajstić information content (AvgIpc) is 2.54. The van der Waals surface area contributed by atoms with Crippen molar-refractivity contribution in [2.75, 3.05) is 24.5 Å². The van der Waals surface area contributed by atoms with Crippen molar-refractivity contribution >= 4 is 34.9 Å². The van der Waals surface area contributed by atoms with Gasteiger partial charge in [-0.3, -0.25) is 15.1 Å². The molecule has 8 heteroatoms. The molecule has 118 valence electrons. The van der Waals surface area contributed by atoms with Crippen molar-refractivity contribution in [3.63, 3.8) is 0 Å². The third kappa shape index (κ3) is 3.26. The van der Waals surface area contributed by atoms with Crippen LogP contribution in [0.5, 0.6) is 0 Å². The largest absolute Gasteiger partial charge is 0.355 e. The number of rotatable bonds is 3. The number of nitro benzene ring substituents is 1. The molecule has 2 heterocycles. The molecule has 3 rings (SSSR count). The predicted molar refractivity (Wildman–Crippen MR) is 87.4 cm³/mol. The first-order valence-corrected chi connectivity index (χ1v) is 7.03. The van der Waals surface area contributed by atoms with E-state index in [1.807, 2.05) is 0 Å². The predicted octanol–water partition coefficient (Wildman–Crippen LogP) is 2.13. The van der Waals surface area contributed by atoms with Gasteiger partial charge in [0.25, 0.3) is 5.69 Å². The zero-order chi connectivity index (χ0) is 14.8. The minimum atomic E-state index is -0.424. The second-order valence-corrected chi connectivity index (χ2v) is 5.32. The Morgan fingerprint density at radius 3 is 2.68 bits per heavy atom. The van der Waals surface area contributed by atoms with Gasteiger partial charge < -0.3 is 10.6 Å². The Morgan fingerprint density at radius 2 is 2.05 bits per heavy atom. The number of aromatic nitrogens is 2. The highest BCUT2D eigenvalue weighted by atomic mass is 35.5. The first kappa shape index (κ1) is 16.4. The lowest BCUT2D eigenvalue weighted by Gasteiger charge is -2.32. The number of hydrogen-bond acceptors (Lipinski definition) is 6. The zero-order valence-electron chi connectivity index (χ0n) is 12.0. The van der Waals surface area contributed by atoms with Crippen molar-refractivity contribution < 1.29 is 4.92 Å². The fraction of sp³-hybridized carbons (Fsp3) is 0.429. The molecule has 1 fully saturated rings. The van der Waals surface area contributed by atoms with Gasteiger partial charge in [0.2, 0.25) is 0 Å². The van der Waals surface area contributed by atoms with E-state index < -0.39 is 4.92 Å². The Kier molecular flexibility index (Phi) is 5.10. The molecular weight excluding hydrogens is 306 g/mol. The van der Waals surface area contributed by atoms with Gasteiger partial charge in [-0.2, -0.15) is 0 Å². The highest BCUT2D eigenvalue weighted by molar-refractivity contribution is 5.85. The lowest BCUT2D eigenvalue weighted by molar-refractivity contribution is -0.384. The van der Waals surface area contributed by atoms with Crippen molar-refractivity contribution in [2.45, 2.75) is 12.8 Å². The summed E-state index contributed by atoms with van der Waals surface area (Å²) in [5.41, 5.74) is 6.96. The molecule has 0 bridgehead atoms. The van der Waals surface area contributed by atoms with Crippen molar-refractivity contribution in [3.8, 4) is 0 Å². The molecule has 1 aliphatic heterocycles. The van der Waals surface area contributed by atoms with Crippen LogP contribution in [0.1, 0.15) is 12.8 Å². The van der Waals surface area contributed by atoms with E-state index in [0.717, 1.165) is 38.3 Å². The minimum absolute atomic E-state index is 0. The molecule has 0 unspecified atom stereocenters. The first-order chi connectivity index (χ1) is 10.2. The van der Waals surface area contributed by atoms with E-state index in [-0.39, 0.29) is 18.1 Å². The molecule has 1 aromatic carbocycles. The number of piperidine rings is 1. The molecule has 1 saturated heterocycles. The molecule has 22 heavy (non-hydrogen) atoms. The SMILES string of the molecule is Cl.NCC1CCN(c2cnc3cc([N+](=O)[O-])ccc3n2)CC1. The van der Waals surface area contributed by atoms with Gasteiger partial charge in [-0.1, -0.05) is 0 Å². The monoisotopic (exact) mass is 323 g/mol. The standard InChI is InChI=1S/C14H17N5O2.ClH/c15-8-10-3-5-18(6-4-10)14-9-16-13-7-11(19(20)21)1-2-12(13)17-14;/h1-2,7,9-10H,3-6,8,15H2;1H. The van der Waals surface area contributed by atoms with E-state index in [9.17, 15) is 10.1 Å². The van der Waals surface area contributed by atoms with E-state index in [1.165, 1.54) is 12.1 Å². The summed E-state index contributed by atoms with van der Waals surface area (Å²) in [4.78, 5) is 21.4. The molecule has 0 aliphatic carbocycles. The number of nitro groups is 1. The van der Waals surface area contributed by atoms with Crippen LogP contribution in [0.3, 0.4) is 0 Å². The van der Waals surface area contributed by atoms with E-state index in [1.54, 1.807) is 12.3 Å². The van der Waals surface area contributed by atoms with Gasteiger partial charge in [-0.25, -0.2) is 4.98 Å². The second-order valence-electron chi connectivity index (χ2n) is 5.32. The quantitative estimate of drug-likeness (QED) is 0.686. The Labute approximate surface area is 134 Å². The molecule has 1 aliphatic rings. The number of nitrogens with two attached hydrogens (primary N) is 1. The lowest BCUT2D eigenvalue weighted by atomic mass is 9.97. The number of nitrogens with zero attached hydrogens (tertiary/aromatic N) is 4. The Morgan fingerprint density at radius 1 is 1.32 bits per heavy atom. The molecule has 0 saturated carbocycles. The number of benzene rings is 1. The maximum atomic E-state index is 10.8. The van der Waals surface area contributed by atoms with Gasteiger partial charge in [-0.05, 0) is 31.4 Å². The summed E-state index contributed by atoms with van der Waals surface area (Å²) >= 11 is 0. The Hall–Kier alpha value is -1.99. The van der Waals surface area contributed by atoms with Crippen molar-refractivity contribution in [2.24, 2.45) is 11.7 Å². The van der Waals surface area contributed by atoms with Gasteiger partial charge >= 0.3 is 0 Å². The number of non-ortho nitro benzene ring substituents is 1. The third-order valence-corrected chi connectivity index (χ3v) is 4.00. The van der Waals surface area contributed by atoms with Crippen LogP contribution in [0, 0.1) is 16.0 Å². The van der Waals surface area contributed by atoms with Crippen LogP contribution in [-0.2, 0) is 0 Å². The second kappa shape index (κ2) is 6.85. The number of anilines is 1. The van der Waals surface area contributed by atoms with Crippen molar-refractivity contribution in [1.29, 1.82) is 0 Å². The number of fused-ring (bicyclic) bond motifs is 1. The smallest absolute Gasteiger partial charge is 0.271 e. The molecular formula is C14H18ClN5O2. The summed E-state index contributed by atoms with van der Waals surface area (Å²) in [6, 6.07) is 4.56. The summed E-state index contributed by atoms with van der Waals surface area (Å²) in [6.45, 7) is 2.59. The van der Waals surface area contributed by atoms with Crippen LogP contribution in [0.15, 0.2) is 24.4 Å². The third-order valence-electron chi connectivity index (χ3n) is 4.00. The molecule has 0 radical (unpaired) electrons. The fourth-order valence-corrected chi connectivity index (χ4v) is 2.65. The fourth-order valence-electron chi connectivity index (χ4n) is 2.65. The van der Waals surface area contributed by atoms with E-state index in [2.05, 4.69) is 14.9 Å². The maximum absolute atomic E-state index is 10.8. The van der Waals surface area contributed by atoms with Gasteiger partial charge in [-0.15, -0.1) is 12.4 Å². The summed E-state index contributed by atoms with van der Waals surface area (Å²) < 4.78 is 0. The molecule has 0 atom stereocenters. The zero-order valence-corrected chi connectivity index (χ0v) is 12.8. The van der Waals surface area contributed by atoms with Crippen LogP contribution in [-0.4, -0.2) is 34.5 Å². The molecule has 7 nitrogen and oxygen atoms in total. The number of hydrogen-bond donors (Lipinski definition) is 1. The average molecular weight is 324 g/mol. The summed E-state index contributed by atoms with van der Waals surface area (Å²) in [5.74, 6) is 1.42. The normalized spacial score (nSPS) is 15.6. The van der Waals surface area contributed by atoms with Crippen LogP contribution in [0.4, 0.5) is 11.5 Å². The van der Waals surface area contributed by atoms with Crippen LogP contribution < -0.4 is 10.6 Å². The van der Waals surface area contributed by atoms with Crippen LogP contribution in [0.25, 0.3) is 11.0 Å². The van der Waals surface area contributed by atoms with E-state index >= 15 is 0 Å². The minimum Gasteiger partial charge on any atom is -0.355 e. The van der Waals surface area contributed by atoms with Gasteiger partial charge in [0, 0.05) is 25.2 Å². The van der Waals surface area contributed by atoms with Crippen molar-refractivity contribution in [3.05, 3.63) is 34.5 Å². The molecule has 1 aromatic heterocycles. The topological polar surface area (TPSA) is 98.2 Å². The molecule has 0 spiro atoms. The highest BCUT2D eigenvalue weighted by Gasteiger charge is 2.19. The molecule has 2 N–H and O–H groups in total. The van der Waals surface area contributed by atoms with E-state index in [0.29, 0.717) is 17.0 Å². The summed E-state index contributed by atoms with van der Waals surface area (Å²) in [5, 5.41) is 10.8. The van der Waals surface area contributed by atoms with Gasteiger partial charge in [0.15, 0.2) is 0 Å². The lowest BCUT2D eigenvalue weighted by Crippen LogP contribution is -2.36. The van der Waals surface area contributed by atoms with Gasteiger partial charge in [0.1, 0.15) is 5.82 Å². The van der Waals surface area contributed by atoms with Crippen LogP contribution >= 0.6 is 12.4 Å². The number of halogens is 1.